The highest BCUT2D eigenvalue weighted by atomic mass is 32.2. The van der Waals surface area contributed by atoms with Crippen LogP contribution < -0.4 is 4.74 Å². The molecular formula is C17H19FN2O4S2. The number of ether oxygens (including phenoxy) is 2. The first-order chi connectivity index (χ1) is 12.5. The molecule has 3 rings (SSSR count). The Bertz CT molecular complexity index is 854. The molecule has 0 bridgehead atoms. The SMILES string of the molecule is COc1ccc(CSc2ccc(S(=O)(=O)N3CCOCC3)cn2)cc1F. The summed E-state index contributed by atoms with van der Waals surface area (Å²) in [5, 5.41) is 0.669. The Morgan fingerprint density at radius 1 is 1.27 bits per heavy atom. The number of halogens is 1. The van der Waals surface area contributed by atoms with E-state index in [0.717, 1.165) is 5.56 Å². The molecule has 0 N–H and O–H groups in total. The second-order valence-corrected chi connectivity index (χ2v) is 8.54. The van der Waals surface area contributed by atoms with Crippen LogP contribution in [0.3, 0.4) is 0 Å². The van der Waals surface area contributed by atoms with Gasteiger partial charge >= 0.3 is 0 Å². The maximum atomic E-state index is 13.7. The van der Waals surface area contributed by atoms with Crippen LogP contribution in [0.25, 0.3) is 0 Å². The lowest BCUT2D eigenvalue weighted by atomic mass is 10.2. The largest absolute Gasteiger partial charge is 0.494 e. The fourth-order valence-electron chi connectivity index (χ4n) is 2.50. The highest BCUT2D eigenvalue weighted by molar-refractivity contribution is 7.98. The van der Waals surface area contributed by atoms with Crippen molar-refractivity contribution in [2.45, 2.75) is 15.7 Å². The zero-order valence-corrected chi connectivity index (χ0v) is 15.9. The summed E-state index contributed by atoms with van der Waals surface area (Å²) in [6.07, 6.45) is 1.36. The van der Waals surface area contributed by atoms with E-state index in [1.54, 1.807) is 24.3 Å². The molecule has 1 fully saturated rings. The second kappa shape index (κ2) is 8.34. The van der Waals surface area contributed by atoms with Crippen molar-refractivity contribution in [2.75, 3.05) is 33.4 Å². The molecule has 0 radical (unpaired) electrons. The normalized spacial score (nSPS) is 15.8. The number of benzene rings is 1. The molecule has 0 unspecified atom stereocenters. The summed E-state index contributed by atoms with van der Waals surface area (Å²) < 4.78 is 50.3. The average molecular weight is 398 g/mol. The van der Waals surface area contributed by atoms with Crippen LogP contribution in [0.2, 0.25) is 0 Å². The minimum absolute atomic E-state index is 0.166. The summed E-state index contributed by atoms with van der Waals surface area (Å²) in [6, 6.07) is 8.00. The third-order valence-corrected chi connectivity index (χ3v) is 6.82. The van der Waals surface area contributed by atoms with Crippen LogP contribution in [0, 0.1) is 5.82 Å². The first-order valence-corrected chi connectivity index (χ1v) is 10.4. The minimum Gasteiger partial charge on any atom is -0.494 e. The molecule has 0 aliphatic carbocycles. The molecule has 0 amide bonds. The van der Waals surface area contributed by atoms with E-state index in [0.29, 0.717) is 37.1 Å². The Hall–Kier alpha value is -1.68. The van der Waals surface area contributed by atoms with Gasteiger partial charge in [-0.05, 0) is 29.8 Å². The van der Waals surface area contributed by atoms with Crippen LogP contribution in [0.1, 0.15) is 5.56 Å². The molecule has 0 saturated carbocycles. The van der Waals surface area contributed by atoms with Crippen LogP contribution in [-0.2, 0) is 20.5 Å². The standard InChI is InChI=1S/C17H19FN2O4S2/c1-23-16-4-2-13(10-15(16)18)12-25-17-5-3-14(11-19-17)26(21,22)20-6-8-24-9-7-20/h2-5,10-11H,6-9,12H2,1H3. The van der Waals surface area contributed by atoms with E-state index in [-0.39, 0.29) is 10.6 Å². The van der Waals surface area contributed by atoms with Crippen LogP contribution >= 0.6 is 11.8 Å². The van der Waals surface area contributed by atoms with E-state index >= 15 is 0 Å². The number of aromatic nitrogens is 1. The van der Waals surface area contributed by atoms with Crippen LogP contribution in [0.4, 0.5) is 4.39 Å². The van der Waals surface area contributed by atoms with Crippen molar-refractivity contribution < 1.29 is 22.3 Å². The smallest absolute Gasteiger partial charge is 0.244 e. The number of hydrogen-bond donors (Lipinski definition) is 0. The fourth-order valence-corrected chi connectivity index (χ4v) is 4.64. The van der Waals surface area contributed by atoms with Crippen molar-refractivity contribution in [2.24, 2.45) is 0 Å². The summed E-state index contributed by atoms with van der Waals surface area (Å²) >= 11 is 1.40. The number of rotatable bonds is 6. The molecule has 1 aliphatic rings. The fraction of sp³-hybridized carbons (Fsp3) is 0.353. The van der Waals surface area contributed by atoms with Crippen molar-refractivity contribution >= 4 is 21.8 Å². The number of hydrogen-bond acceptors (Lipinski definition) is 6. The predicted molar refractivity (Wildman–Crippen MR) is 96.3 cm³/mol. The van der Waals surface area contributed by atoms with E-state index in [9.17, 15) is 12.8 Å². The van der Waals surface area contributed by atoms with Crippen molar-refractivity contribution in [3.05, 3.63) is 47.9 Å². The molecule has 2 aromatic rings. The van der Waals surface area contributed by atoms with Crippen molar-refractivity contribution in [1.29, 1.82) is 0 Å². The van der Waals surface area contributed by atoms with Crippen LogP contribution in [-0.4, -0.2) is 51.1 Å². The highest BCUT2D eigenvalue weighted by Crippen LogP contribution is 2.25. The van der Waals surface area contributed by atoms with E-state index < -0.39 is 15.8 Å². The number of sulfonamides is 1. The van der Waals surface area contributed by atoms with Gasteiger partial charge in [-0.15, -0.1) is 11.8 Å². The zero-order chi connectivity index (χ0) is 18.6. The van der Waals surface area contributed by atoms with Gasteiger partial charge in [-0.1, -0.05) is 6.07 Å². The van der Waals surface area contributed by atoms with E-state index in [4.69, 9.17) is 9.47 Å². The van der Waals surface area contributed by atoms with E-state index in [1.807, 2.05) is 0 Å². The van der Waals surface area contributed by atoms with Gasteiger partial charge in [0.15, 0.2) is 11.6 Å². The maximum absolute atomic E-state index is 13.7. The molecule has 1 aliphatic heterocycles. The number of nitrogens with zero attached hydrogens (tertiary/aromatic N) is 2. The van der Waals surface area contributed by atoms with Crippen molar-refractivity contribution in [3.8, 4) is 5.75 Å². The molecule has 9 heteroatoms. The minimum atomic E-state index is -3.54. The molecular weight excluding hydrogens is 379 g/mol. The van der Waals surface area contributed by atoms with Gasteiger partial charge in [0.2, 0.25) is 10.0 Å². The maximum Gasteiger partial charge on any atom is 0.244 e. The summed E-state index contributed by atoms with van der Waals surface area (Å²) in [5.74, 6) is 0.309. The van der Waals surface area contributed by atoms with Gasteiger partial charge in [-0.3, -0.25) is 0 Å². The molecule has 1 aromatic carbocycles. The van der Waals surface area contributed by atoms with E-state index in [2.05, 4.69) is 4.98 Å². The van der Waals surface area contributed by atoms with Crippen LogP contribution in [0.15, 0.2) is 46.5 Å². The topological polar surface area (TPSA) is 68.7 Å². The Morgan fingerprint density at radius 3 is 2.65 bits per heavy atom. The van der Waals surface area contributed by atoms with Crippen molar-refractivity contribution in [3.63, 3.8) is 0 Å². The Morgan fingerprint density at radius 2 is 2.04 bits per heavy atom. The molecule has 6 nitrogen and oxygen atoms in total. The Labute approximate surface area is 156 Å². The molecule has 0 atom stereocenters. The number of morpholine rings is 1. The first-order valence-electron chi connectivity index (χ1n) is 8.00. The zero-order valence-electron chi connectivity index (χ0n) is 14.2. The van der Waals surface area contributed by atoms with Gasteiger partial charge in [0, 0.05) is 25.0 Å². The molecule has 26 heavy (non-hydrogen) atoms. The number of thioether (sulfide) groups is 1. The molecule has 2 heterocycles. The quantitative estimate of drug-likeness (QED) is 0.697. The molecule has 1 aromatic heterocycles. The lowest BCUT2D eigenvalue weighted by molar-refractivity contribution is 0.0730. The van der Waals surface area contributed by atoms with Crippen molar-refractivity contribution in [1.82, 2.24) is 9.29 Å². The predicted octanol–water partition coefficient (Wildman–Crippen LogP) is 2.54. The number of methoxy groups -OCH3 is 1. The second-order valence-electron chi connectivity index (χ2n) is 5.61. The summed E-state index contributed by atoms with van der Waals surface area (Å²) in [7, 11) is -2.12. The molecule has 140 valence electrons. The van der Waals surface area contributed by atoms with Gasteiger partial charge in [0.25, 0.3) is 0 Å². The molecule has 0 spiro atoms. The van der Waals surface area contributed by atoms with Gasteiger partial charge in [0.1, 0.15) is 4.90 Å². The summed E-state index contributed by atoms with van der Waals surface area (Å²) in [6.45, 7) is 1.50. The van der Waals surface area contributed by atoms with Gasteiger partial charge < -0.3 is 9.47 Å². The third-order valence-electron chi connectivity index (χ3n) is 3.92. The van der Waals surface area contributed by atoms with Crippen LogP contribution in [0.5, 0.6) is 5.75 Å². The Kier molecular flexibility index (Phi) is 6.13. The Balaban J connectivity index is 1.65. The first kappa shape index (κ1) is 19.1. The average Bonchev–Trinajstić information content (AvgIpc) is 2.67. The molecule has 1 saturated heterocycles. The van der Waals surface area contributed by atoms with E-state index in [1.165, 1.54) is 35.4 Å². The number of pyridine rings is 1. The highest BCUT2D eigenvalue weighted by Gasteiger charge is 2.26. The third kappa shape index (κ3) is 4.35. The van der Waals surface area contributed by atoms with Gasteiger partial charge in [-0.25, -0.2) is 17.8 Å². The summed E-state index contributed by atoms with van der Waals surface area (Å²) in [5.41, 5.74) is 0.792. The lowest BCUT2D eigenvalue weighted by Gasteiger charge is -2.25. The summed E-state index contributed by atoms with van der Waals surface area (Å²) in [4.78, 5) is 4.38. The van der Waals surface area contributed by atoms with Gasteiger partial charge in [0.05, 0.1) is 25.3 Å². The van der Waals surface area contributed by atoms with Gasteiger partial charge in [-0.2, -0.15) is 4.31 Å². The lowest BCUT2D eigenvalue weighted by Crippen LogP contribution is -2.40. The monoisotopic (exact) mass is 398 g/mol.